The molecule has 2 aromatic carbocycles. The van der Waals surface area contributed by atoms with Gasteiger partial charge in [-0.3, -0.25) is 0 Å². The van der Waals surface area contributed by atoms with Gasteiger partial charge in [0.1, 0.15) is 0 Å². The van der Waals surface area contributed by atoms with Crippen LogP contribution in [-0.2, 0) is 0 Å². The van der Waals surface area contributed by atoms with Crippen LogP contribution in [0.3, 0.4) is 0 Å². The lowest BCUT2D eigenvalue weighted by Gasteiger charge is -2.25. The van der Waals surface area contributed by atoms with E-state index >= 15 is 0 Å². The highest BCUT2D eigenvalue weighted by atomic mass is 79.9. The molecule has 0 aromatic heterocycles. The van der Waals surface area contributed by atoms with Crippen LogP contribution in [0.5, 0.6) is 0 Å². The quantitative estimate of drug-likeness (QED) is 0.825. The first-order valence-corrected chi connectivity index (χ1v) is 7.80. The molecule has 0 heterocycles. The molecule has 0 radical (unpaired) electrons. The second-order valence-corrected chi connectivity index (χ2v) is 5.63. The Hall–Kier alpha value is -1.48. The van der Waals surface area contributed by atoms with E-state index < -0.39 is 0 Å². The van der Waals surface area contributed by atoms with Gasteiger partial charge in [-0.2, -0.15) is 0 Å². The predicted octanol–water partition coefficient (Wildman–Crippen LogP) is 4.70. The van der Waals surface area contributed by atoms with Gasteiger partial charge in [0.05, 0.1) is 0 Å². The van der Waals surface area contributed by atoms with Crippen LogP contribution < -0.4 is 10.2 Å². The summed E-state index contributed by atoms with van der Waals surface area (Å²) in [6, 6.07) is 16.8. The Morgan fingerprint density at radius 1 is 1.05 bits per heavy atom. The second-order valence-electron chi connectivity index (χ2n) is 4.77. The maximum absolute atomic E-state index is 3.56. The number of likely N-dealkylation sites (N-methyl/N-ethyl adjacent to an activating group) is 1. The molecule has 0 saturated carbocycles. The fourth-order valence-corrected chi connectivity index (χ4v) is 2.72. The highest BCUT2D eigenvalue weighted by molar-refractivity contribution is 9.10. The Kier molecular flexibility index (Phi) is 5.48. The van der Waals surface area contributed by atoms with E-state index in [1.54, 1.807) is 0 Å². The van der Waals surface area contributed by atoms with E-state index in [1.165, 1.54) is 11.3 Å². The van der Waals surface area contributed by atoms with Gasteiger partial charge in [0.25, 0.3) is 0 Å². The molecular formula is C17H21BrN2. The first-order chi connectivity index (χ1) is 9.72. The standard InChI is InChI=1S/C17H21BrN2/c1-3-20(17-11-7-4-8-14(17)2)13-12-19-16-10-6-5-9-15(16)18/h4-11,19H,3,12-13H2,1-2H3. The molecule has 0 saturated heterocycles. The molecule has 0 unspecified atom stereocenters. The molecule has 1 N–H and O–H groups in total. The summed E-state index contributed by atoms with van der Waals surface area (Å²) in [6.07, 6.45) is 0. The van der Waals surface area contributed by atoms with Crippen LogP contribution in [0, 0.1) is 6.92 Å². The van der Waals surface area contributed by atoms with Crippen LogP contribution in [0.25, 0.3) is 0 Å². The number of para-hydroxylation sites is 2. The van der Waals surface area contributed by atoms with Crippen molar-refractivity contribution in [3.8, 4) is 0 Å². The third kappa shape index (κ3) is 3.76. The molecule has 0 amide bonds. The molecule has 20 heavy (non-hydrogen) atoms. The van der Waals surface area contributed by atoms with Crippen molar-refractivity contribution >= 4 is 27.3 Å². The molecule has 0 aliphatic rings. The van der Waals surface area contributed by atoms with Gasteiger partial charge >= 0.3 is 0 Å². The Morgan fingerprint density at radius 2 is 1.75 bits per heavy atom. The van der Waals surface area contributed by atoms with Crippen molar-refractivity contribution in [2.45, 2.75) is 13.8 Å². The molecule has 2 aromatic rings. The number of anilines is 2. The van der Waals surface area contributed by atoms with Crippen LogP contribution in [0.1, 0.15) is 12.5 Å². The number of hydrogen-bond donors (Lipinski definition) is 1. The first kappa shape index (κ1) is 14.9. The maximum Gasteiger partial charge on any atom is 0.0485 e. The summed E-state index contributed by atoms with van der Waals surface area (Å²) in [5.74, 6) is 0. The average molecular weight is 333 g/mol. The van der Waals surface area contributed by atoms with E-state index in [0.29, 0.717) is 0 Å². The fourth-order valence-electron chi connectivity index (χ4n) is 2.30. The van der Waals surface area contributed by atoms with Gasteiger partial charge in [-0.15, -0.1) is 0 Å². The van der Waals surface area contributed by atoms with E-state index in [4.69, 9.17) is 0 Å². The van der Waals surface area contributed by atoms with Crippen molar-refractivity contribution in [2.24, 2.45) is 0 Å². The van der Waals surface area contributed by atoms with Crippen LogP contribution in [0.2, 0.25) is 0 Å². The SMILES string of the molecule is CCN(CCNc1ccccc1Br)c1ccccc1C. The third-order valence-electron chi connectivity index (χ3n) is 3.41. The monoisotopic (exact) mass is 332 g/mol. The molecule has 0 bridgehead atoms. The minimum atomic E-state index is 0.921. The normalized spacial score (nSPS) is 10.3. The summed E-state index contributed by atoms with van der Waals surface area (Å²) in [5, 5.41) is 3.48. The maximum atomic E-state index is 3.56. The molecule has 106 valence electrons. The molecule has 0 aliphatic carbocycles. The van der Waals surface area contributed by atoms with E-state index in [9.17, 15) is 0 Å². The van der Waals surface area contributed by atoms with Gasteiger partial charge in [0, 0.05) is 35.5 Å². The number of rotatable bonds is 6. The van der Waals surface area contributed by atoms with Crippen molar-refractivity contribution < 1.29 is 0 Å². The highest BCUT2D eigenvalue weighted by Crippen LogP contribution is 2.22. The lowest BCUT2D eigenvalue weighted by atomic mass is 10.2. The van der Waals surface area contributed by atoms with Crippen LogP contribution >= 0.6 is 15.9 Å². The zero-order chi connectivity index (χ0) is 14.4. The molecule has 3 heteroatoms. The number of aryl methyl sites for hydroxylation is 1. The Balaban J connectivity index is 1.95. The van der Waals surface area contributed by atoms with Crippen LogP contribution in [-0.4, -0.2) is 19.6 Å². The number of nitrogens with one attached hydrogen (secondary N) is 1. The van der Waals surface area contributed by atoms with Gasteiger partial charge < -0.3 is 10.2 Å². The first-order valence-electron chi connectivity index (χ1n) is 7.01. The van der Waals surface area contributed by atoms with Gasteiger partial charge in [-0.25, -0.2) is 0 Å². The van der Waals surface area contributed by atoms with Crippen LogP contribution in [0.4, 0.5) is 11.4 Å². The number of benzene rings is 2. The summed E-state index contributed by atoms with van der Waals surface area (Å²) in [5.41, 5.74) is 3.80. The van der Waals surface area contributed by atoms with Gasteiger partial charge in [-0.1, -0.05) is 30.3 Å². The molecule has 2 nitrogen and oxygen atoms in total. The lowest BCUT2D eigenvalue weighted by molar-refractivity contribution is 0.831. The number of halogens is 1. The average Bonchev–Trinajstić information content (AvgIpc) is 2.46. The third-order valence-corrected chi connectivity index (χ3v) is 4.10. The van der Waals surface area contributed by atoms with E-state index in [2.05, 4.69) is 76.4 Å². The highest BCUT2D eigenvalue weighted by Gasteiger charge is 2.06. The number of hydrogen-bond acceptors (Lipinski definition) is 2. The molecule has 0 fully saturated rings. The summed E-state index contributed by atoms with van der Waals surface area (Å²) in [6.45, 7) is 7.29. The smallest absolute Gasteiger partial charge is 0.0485 e. The van der Waals surface area contributed by atoms with Crippen molar-refractivity contribution in [3.05, 3.63) is 58.6 Å². The number of nitrogens with zero attached hydrogens (tertiary/aromatic N) is 1. The summed E-state index contributed by atoms with van der Waals surface area (Å²) < 4.78 is 1.11. The van der Waals surface area contributed by atoms with Crippen molar-refractivity contribution in [1.82, 2.24) is 0 Å². The van der Waals surface area contributed by atoms with Gasteiger partial charge in [0.2, 0.25) is 0 Å². The molecular weight excluding hydrogens is 312 g/mol. The van der Waals surface area contributed by atoms with Crippen molar-refractivity contribution in [3.63, 3.8) is 0 Å². The minimum absolute atomic E-state index is 0.921. The van der Waals surface area contributed by atoms with Crippen molar-refractivity contribution in [2.75, 3.05) is 29.9 Å². The second kappa shape index (κ2) is 7.34. The Bertz CT molecular complexity index is 554. The molecule has 0 spiro atoms. The molecule has 2 rings (SSSR count). The predicted molar refractivity (Wildman–Crippen MR) is 91.7 cm³/mol. The Morgan fingerprint density at radius 3 is 2.45 bits per heavy atom. The van der Waals surface area contributed by atoms with Crippen LogP contribution in [0.15, 0.2) is 53.0 Å². The minimum Gasteiger partial charge on any atom is -0.382 e. The summed E-state index contributed by atoms with van der Waals surface area (Å²) in [4.78, 5) is 2.40. The van der Waals surface area contributed by atoms with Gasteiger partial charge in [-0.05, 0) is 53.5 Å². The zero-order valence-corrected chi connectivity index (χ0v) is 13.7. The molecule has 0 aliphatic heterocycles. The summed E-state index contributed by atoms with van der Waals surface area (Å²) >= 11 is 3.56. The topological polar surface area (TPSA) is 15.3 Å². The fraction of sp³-hybridized carbons (Fsp3) is 0.294. The largest absolute Gasteiger partial charge is 0.382 e. The van der Waals surface area contributed by atoms with E-state index in [-0.39, 0.29) is 0 Å². The van der Waals surface area contributed by atoms with E-state index in [0.717, 1.165) is 29.8 Å². The summed E-state index contributed by atoms with van der Waals surface area (Å²) in [7, 11) is 0. The zero-order valence-electron chi connectivity index (χ0n) is 12.1. The van der Waals surface area contributed by atoms with E-state index in [1.807, 2.05) is 12.1 Å². The van der Waals surface area contributed by atoms with Gasteiger partial charge in [0.15, 0.2) is 0 Å². The lowest BCUT2D eigenvalue weighted by Crippen LogP contribution is -2.29. The Labute approximate surface area is 129 Å². The van der Waals surface area contributed by atoms with Crippen molar-refractivity contribution in [1.29, 1.82) is 0 Å². The molecule has 0 atom stereocenters.